The molecule has 1 heterocycles. The monoisotopic (exact) mass is 247 g/mol. The summed E-state index contributed by atoms with van der Waals surface area (Å²) in [6, 6.07) is 2.53. The lowest BCUT2D eigenvalue weighted by Crippen LogP contribution is -2.40. The maximum Gasteiger partial charge on any atom is 0.129 e. The van der Waals surface area contributed by atoms with Crippen LogP contribution in [0, 0.1) is 17.8 Å². The van der Waals surface area contributed by atoms with Crippen LogP contribution in [0.1, 0.15) is 52.7 Å². The molecular weight excluding hydrogens is 222 g/mol. The Labute approximate surface area is 110 Å². The third-order valence-electron chi connectivity index (χ3n) is 3.71. The summed E-state index contributed by atoms with van der Waals surface area (Å²) < 4.78 is 0. The minimum absolute atomic E-state index is 0.404. The van der Waals surface area contributed by atoms with E-state index in [2.05, 4.69) is 43.0 Å². The van der Waals surface area contributed by atoms with Gasteiger partial charge < -0.3 is 5.32 Å². The van der Waals surface area contributed by atoms with Crippen LogP contribution in [-0.4, -0.2) is 16.0 Å². The van der Waals surface area contributed by atoms with Crippen LogP contribution >= 0.6 is 0 Å². The summed E-state index contributed by atoms with van der Waals surface area (Å²) >= 11 is 0. The van der Waals surface area contributed by atoms with E-state index in [0.29, 0.717) is 16.9 Å². The van der Waals surface area contributed by atoms with Crippen molar-refractivity contribution in [1.82, 2.24) is 9.97 Å². The fourth-order valence-corrected chi connectivity index (χ4v) is 3.69. The minimum Gasteiger partial charge on any atom is -0.367 e. The van der Waals surface area contributed by atoms with Gasteiger partial charge in [-0.05, 0) is 37.0 Å². The lowest BCUT2D eigenvalue weighted by atomic mass is 9.63. The molecule has 1 aliphatic carbocycles. The van der Waals surface area contributed by atoms with Crippen molar-refractivity contribution in [2.45, 2.75) is 59.9 Å². The number of nitrogens with one attached hydrogen (secondary N) is 1. The molecule has 100 valence electrons. The van der Waals surface area contributed by atoms with Crippen LogP contribution in [-0.2, 0) is 0 Å². The Bertz CT molecular complexity index is 408. The summed E-state index contributed by atoms with van der Waals surface area (Å²) in [4.78, 5) is 8.45. The van der Waals surface area contributed by atoms with Gasteiger partial charge in [0.15, 0.2) is 0 Å². The van der Waals surface area contributed by atoms with Gasteiger partial charge >= 0.3 is 0 Å². The van der Waals surface area contributed by atoms with Gasteiger partial charge in [-0.2, -0.15) is 0 Å². The van der Waals surface area contributed by atoms with E-state index >= 15 is 0 Å². The van der Waals surface area contributed by atoms with Crippen molar-refractivity contribution in [3.8, 4) is 0 Å². The van der Waals surface area contributed by atoms with Crippen molar-refractivity contribution < 1.29 is 0 Å². The van der Waals surface area contributed by atoms with Gasteiger partial charge in [0, 0.05) is 17.8 Å². The number of aromatic nitrogens is 2. The molecule has 1 aliphatic rings. The number of anilines is 1. The third kappa shape index (κ3) is 3.44. The van der Waals surface area contributed by atoms with E-state index in [1.807, 2.05) is 13.0 Å². The number of aryl methyl sites for hydroxylation is 1. The zero-order chi connectivity index (χ0) is 13.4. The van der Waals surface area contributed by atoms with Gasteiger partial charge in [-0.3, -0.25) is 0 Å². The standard InChI is InChI=1S/C15H25N3/c1-11-6-13(17-10-16-11)18-12-7-14(2,3)9-15(4,5)8-12/h6,10,12H,7-9H2,1-5H3,(H,16,17,18). The quantitative estimate of drug-likeness (QED) is 0.863. The maximum atomic E-state index is 4.31. The second-order valence-corrected chi connectivity index (χ2v) is 7.30. The molecule has 0 amide bonds. The fourth-order valence-electron chi connectivity index (χ4n) is 3.69. The van der Waals surface area contributed by atoms with Crippen molar-refractivity contribution in [3.05, 3.63) is 18.1 Å². The summed E-state index contributed by atoms with van der Waals surface area (Å²) in [5.41, 5.74) is 1.82. The van der Waals surface area contributed by atoms with Crippen LogP contribution < -0.4 is 5.32 Å². The normalized spacial score (nSPS) is 22.7. The second kappa shape index (κ2) is 4.52. The molecule has 0 radical (unpaired) electrons. The lowest BCUT2D eigenvalue weighted by Gasteiger charge is -2.45. The summed E-state index contributed by atoms with van der Waals surface area (Å²) in [5.74, 6) is 0.959. The van der Waals surface area contributed by atoms with E-state index < -0.39 is 0 Å². The lowest BCUT2D eigenvalue weighted by molar-refractivity contribution is 0.105. The largest absolute Gasteiger partial charge is 0.367 e. The van der Waals surface area contributed by atoms with E-state index in [-0.39, 0.29) is 0 Å². The van der Waals surface area contributed by atoms with E-state index in [4.69, 9.17) is 0 Å². The smallest absolute Gasteiger partial charge is 0.129 e. The molecule has 0 unspecified atom stereocenters. The van der Waals surface area contributed by atoms with Crippen molar-refractivity contribution >= 4 is 5.82 Å². The first-order valence-corrected chi connectivity index (χ1v) is 6.81. The molecule has 3 heteroatoms. The van der Waals surface area contributed by atoms with Crippen LogP contribution in [0.2, 0.25) is 0 Å². The molecule has 0 atom stereocenters. The Morgan fingerprint density at radius 1 is 1.11 bits per heavy atom. The van der Waals surface area contributed by atoms with Gasteiger partial charge in [0.2, 0.25) is 0 Å². The summed E-state index contributed by atoms with van der Waals surface area (Å²) in [6.45, 7) is 11.5. The molecule has 1 N–H and O–H groups in total. The van der Waals surface area contributed by atoms with Crippen molar-refractivity contribution in [2.75, 3.05) is 5.32 Å². The third-order valence-corrected chi connectivity index (χ3v) is 3.71. The molecule has 3 nitrogen and oxygen atoms in total. The highest BCUT2D eigenvalue weighted by atomic mass is 15.0. The Balaban J connectivity index is 2.09. The van der Waals surface area contributed by atoms with Gasteiger partial charge in [-0.25, -0.2) is 9.97 Å². The van der Waals surface area contributed by atoms with Crippen LogP contribution in [0.15, 0.2) is 12.4 Å². The number of hydrogen-bond acceptors (Lipinski definition) is 3. The molecule has 18 heavy (non-hydrogen) atoms. The summed E-state index contributed by atoms with van der Waals surface area (Å²) in [7, 11) is 0. The highest BCUT2D eigenvalue weighted by Gasteiger charge is 2.38. The molecule has 2 rings (SSSR count). The van der Waals surface area contributed by atoms with Crippen LogP contribution in [0.3, 0.4) is 0 Å². The molecular formula is C15H25N3. The molecule has 0 aliphatic heterocycles. The first kappa shape index (κ1) is 13.3. The van der Waals surface area contributed by atoms with Gasteiger partial charge in [-0.1, -0.05) is 27.7 Å². The molecule has 0 aromatic carbocycles. The first-order valence-electron chi connectivity index (χ1n) is 6.81. The van der Waals surface area contributed by atoms with Gasteiger partial charge in [-0.15, -0.1) is 0 Å². The Morgan fingerprint density at radius 3 is 2.28 bits per heavy atom. The van der Waals surface area contributed by atoms with E-state index in [9.17, 15) is 0 Å². The maximum absolute atomic E-state index is 4.31. The van der Waals surface area contributed by atoms with Crippen LogP contribution in [0.25, 0.3) is 0 Å². The molecule has 1 aromatic heterocycles. The molecule has 1 aromatic rings. The predicted octanol–water partition coefficient (Wildman–Crippen LogP) is 3.80. The molecule has 0 spiro atoms. The second-order valence-electron chi connectivity index (χ2n) is 7.30. The van der Waals surface area contributed by atoms with Gasteiger partial charge in [0.1, 0.15) is 12.1 Å². The van der Waals surface area contributed by atoms with Gasteiger partial charge in [0.25, 0.3) is 0 Å². The van der Waals surface area contributed by atoms with Crippen molar-refractivity contribution in [3.63, 3.8) is 0 Å². The average molecular weight is 247 g/mol. The van der Waals surface area contributed by atoms with Crippen molar-refractivity contribution in [2.24, 2.45) is 10.8 Å². The van der Waals surface area contributed by atoms with Crippen LogP contribution in [0.4, 0.5) is 5.82 Å². The summed E-state index contributed by atoms with van der Waals surface area (Å²) in [5, 5.41) is 3.58. The first-order chi connectivity index (χ1) is 8.26. The number of hydrogen-bond donors (Lipinski definition) is 1. The Morgan fingerprint density at radius 2 is 1.72 bits per heavy atom. The molecule has 0 bridgehead atoms. The number of nitrogens with zero attached hydrogens (tertiary/aromatic N) is 2. The van der Waals surface area contributed by atoms with E-state index in [1.54, 1.807) is 6.33 Å². The topological polar surface area (TPSA) is 37.8 Å². The molecule has 0 saturated heterocycles. The molecule has 1 saturated carbocycles. The summed E-state index contributed by atoms with van der Waals surface area (Å²) in [6.07, 6.45) is 5.34. The van der Waals surface area contributed by atoms with Gasteiger partial charge in [0.05, 0.1) is 0 Å². The average Bonchev–Trinajstić information content (AvgIpc) is 2.11. The Kier molecular flexibility index (Phi) is 3.35. The zero-order valence-electron chi connectivity index (χ0n) is 12.2. The van der Waals surface area contributed by atoms with E-state index in [0.717, 1.165) is 11.5 Å². The van der Waals surface area contributed by atoms with Crippen LogP contribution in [0.5, 0.6) is 0 Å². The van der Waals surface area contributed by atoms with E-state index in [1.165, 1.54) is 19.3 Å². The zero-order valence-corrected chi connectivity index (χ0v) is 12.2. The predicted molar refractivity (Wildman–Crippen MR) is 75.6 cm³/mol. The fraction of sp³-hybridized carbons (Fsp3) is 0.733. The molecule has 1 fully saturated rings. The minimum atomic E-state index is 0.404. The van der Waals surface area contributed by atoms with Crippen molar-refractivity contribution in [1.29, 1.82) is 0 Å². The number of rotatable bonds is 2. The highest BCUT2D eigenvalue weighted by Crippen LogP contribution is 2.46. The SMILES string of the molecule is Cc1cc(NC2CC(C)(C)CC(C)(C)C2)ncn1. The Hall–Kier alpha value is -1.12. The highest BCUT2D eigenvalue weighted by molar-refractivity contribution is 5.36.